The van der Waals surface area contributed by atoms with Crippen molar-refractivity contribution < 1.29 is 23.9 Å². The Morgan fingerprint density at radius 1 is 1.21 bits per heavy atom. The molecule has 0 bridgehead atoms. The van der Waals surface area contributed by atoms with Crippen molar-refractivity contribution in [2.75, 3.05) is 18.1 Å². The van der Waals surface area contributed by atoms with Crippen LogP contribution in [0.5, 0.6) is 0 Å². The maximum absolute atomic E-state index is 12.4. The summed E-state index contributed by atoms with van der Waals surface area (Å²) < 4.78 is 5.00. The Morgan fingerprint density at radius 3 is 2.54 bits per heavy atom. The molecular formula is C20H27N3O5. The number of imide groups is 1. The van der Waals surface area contributed by atoms with E-state index in [0.717, 1.165) is 16.8 Å². The molecule has 1 aliphatic heterocycles. The van der Waals surface area contributed by atoms with Gasteiger partial charge in [-0.25, -0.2) is 4.79 Å². The molecule has 1 atom stereocenters. The van der Waals surface area contributed by atoms with Crippen LogP contribution in [0.4, 0.5) is 10.5 Å². The number of carbonyl (C=O) groups is 4. The van der Waals surface area contributed by atoms with Crippen molar-refractivity contribution >= 4 is 29.5 Å². The predicted octanol–water partition coefficient (Wildman–Crippen LogP) is 1.82. The zero-order chi connectivity index (χ0) is 21.1. The largest absolute Gasteiger partial charge is 0.455 e. The Kier molecular flexibility index (Phi) is 6.43. The Bertz CT molecular complexity index is 798. The molecule has 152 valence electrons. The maximum Gasteiger partial charge on any atom is 0.321 e. The number of ether oxygens (including phenoxy) is 1. The topological polar surface area (TPSA) is 105 Å². The summed E-state index contributed by atoms with van der Waals surface area (Å²) in [6, 6.07) is 5.00. The summed E-state index contributed by atoms with van der Waals surface area (Å²) in [4.78, 5) is 49.6. The number of rotatable bonds is 4. The van der Waals surface area contributed by atoms with Crippen molar-refractivity contribution in [3.8, 4) is 0 Å². The molecule has 0 aromatic heterocycles. The maximum atomic E-state index is 12.4. The van der Waals surface area contributed by atoms with Crippen molar-refractivity contribution in [2.45, 2.75) is 46.6 Å². The van der Waals surface area contributed by atoms with Crippen molar-refractivity contribution in [3.63, 3.8) is 0 Å². The van der Waals surface area contributed by atoms with E-state index in [1.54, 1.807) is 25.7 Å². The lowest BCUT2D eigenvalue weighted by molar-refractivity contribution is -0.152. The van der Waals surface area contributed by atoms with Crippen LogP contribution in [0, 0.1) is 19.8 Å². The summed E-state index contributed by atoms with van der Waals surface area (Å²) in [6.45, 7) is 8.83. The second-order valence-electron chi connectivity index (χ2n) is 7.98. The molecule has 0 saturated carbocycles. The van der Waals surface area contributed by atoms with Gasteiger partial charge in [0.2, 0.25) is 5.91 Å². The molecule has 1 fully saturated rings. The molecule has 2 N–H and O–H groups in total. The van der Waals surface area contributed by atoms with Crippen molar-refractivity contribution in [3.05, 3.63) is 29.3 Å². The van der Waals surface area contributed by atoms with Gasteiger partial charge in [0, 0.05) is 24.2 Å². The van der Waals surface area contributed by atoms with E-state index in [1.807, 2.05) is 32.0 Å². The van der Waals surface area contributed by atoms with Crippen LogP contribution in [0.15, 0.2) is 18.2 Å². The average Bonchev–Trinajstić information content (AvgIpc) is 2.95. The highest BCUT2D eigenvalue weighted by atomic mass is 16.5. The van der Waals surface area contributed by atoms with E-state index >= 15 is 0 Å². The fraction of sp³-hybridized carbons (Fsp3) is 0.500. The zero-order valence-electron chi connectivity index (χ0n) is 16.9. The lowest BCUT2D eigenvalue weighted by atomic mass is 10.1. The van der Waals surface area contributed by atoms with Crippen LogP contribution in [0.1, 0.15) is 38.3 Å². The van der Waals surface area contributed by atoms with Crippen LogP contribution in [-0.4, -0.2) is 42.5 Å². The summed E-state index contributed by atoms with van der Waals surface area (Å²) in [7, 11) is 0. The van der Waals surface area contributed by atoms with E-state index < -0.39 is 36.0 Å². The number of nitrogens with one attached hydrogen (secondary N) is 2. The standard InChI is InChI=1S/C20H27N3O5/c1-12-7-6-8-15(13(12)2)23-10-14(9-17(23)25)18(26)28-11-16(24)21-19(27)22-20(3,4)5/h6-8,14H,9-11H2,1-5H3,(H2,21,22,24,27)/t14-/m1/s1. The number of esters is 1. The highest BCUT2D eigenvalue weighted by molar-refractivity contribution is 6.00. The van der Waals surface area contributed by atoms with E-state index in [4.69, 9.17) is 4.74 Å². The summed E-state index contributed by atoms with van der Waals surface area (Å²) in [5.41, 5.74) is 2.32. The average molecular weight is 389 g/mol. The summed E-state index contributed by atoms with van der Waals surface area (Å²) in [5.74, 6) is -2.17. The SMILES string of the molecule is Cc1cccc(N2C[C@H](C(=O)OCC(=O)NC(=O)NC(C)(C)C)CC2=O)c1C. The molecule has 4 amide bonds. The molecule has 1 heterocycles. The first-order valence-electron chi connectivity index (χ1n) is 9.13. The molecule has 8 heteroatoms. The third-order valence-corrected chi connectivity index (χ3v) is 4.41. The van der Waals surface area contributed by atoms with Gasteiger partial charge in [-0.15, -0.1) is 0 Å². The smallest absolute Gasteiger partial charge is 0.321 e. The van der Waals surface area contributed by atoms with Gasteiger partial charge in [-0.05, 0) is 51.8 Å². The lowest BCUT2D eigenvalue weighted by Crippen LogP contribution is -2.49. The predicted molar refractivity (Wildman–Crippen MR) is 104 cm³/mol. The van der Waals surface area contributed by atoms with Crippen LogP contribution >= 0.6 is 0 Å². The molecule has 1 saturated heterocycles. The molecular weight excluding hydrogens is 362 g/mol. The third kappa shape index (κ3) is 5.55. The molecule has 0 spiro atoms. The first-order valence-corrected chi connectivity index (χ1v) is 9.13. The number of urea groups is 1. The Morgan fingerprint density at radius 2 is 1.89 bits per heavy atom. The quantitative estimate of drug-likeness (QED) is 0.765. The number of anilines is 1. The molecule has 1 aromatic rings. The van der Waals surface area contributed by atoms with Crippen molar-refractivity contribution in [2.24, 2.45) is 5.92 Å². The first-order chi connectivity index (χ1) is 13.0. The van der Waals surface area contributed by atoms with E-state index in [1.165, 1.54) is 0 Å². The number of amides is 4. The molecule has 1 aromatic carbocycles. The first kappa shape index (κ1) is 21.4. The molecule has 28 heavy (non-hydrogen) atoms. The minimum absolute atomic E-state index is 0.0261. The van der Waals surface area contributed by atoms with Crippen LogP contribution < -0.4 is 15.5 Å². The number of nitrogens with zero attached hydrogens (tertiary/aromatic N) is 1. The Hall–Kier alpha value is -2.90. The second kappa shape index (κ2) is 8.41. The number of benzene rings is 1. The molecule has 0 unspecified atom stereocenters. The van der Waals surface area contributed by atoms with Gasteiger partial charge in [-0.1, -0.05) is 12.1 Å². The van der Waals surface area contributed by atoms with E-state index in [0.29, 0.717) is 0 Å². The van der Waals surface area contributed by atoms with Crippen LogP contribution in [0.3, 0.4) is 0 Å². The van der Waals surface area contributed by atoms with Gasteiger partial charge < -0.3 is 15.0 Å². The Labute approximate surface area is 164 Å². The van der Waals surface area contributed by atoms with Crippen molar-refractivity contribution in [1.29, 1.82) is 0 Å². The molecule has 0 radical (unpaired) electrons. The van der Waals surface area contributed by atoms with Crippen molar-refractivity contribution in [1.82, 2.24) is 10.6 Å². The number of hydrogen-bond acceptors (Lipinski definition) is 5. The minimum Gasteiger partial charge on any atom is -0.455 e. The van der Waals surface area contributed by atoms with Gasteiger partial charge in [0.05, 0.1) is 5.92 Å². The Balaban J connectivity index is 1.88. The summed E-state index contributed by atoms with van der Waals surface area (Å²) in [6.07, 6.45) is 0.0261. The summed E-state index contributed by atoms with van der Waals surface area (Å²) >= 11 is 0. The molecule has 1 aliphatic rings. The van der Waals surface area contributed by atoms with Gasteiger partial charge in [0.1, 0.15) is 0 Å². The third-order valence-electron chi connectivity index (χ3n) is 4.41. The molecule has 8 nitrogen and oxygen atoms in total. The number of carbonyl (C=O) groups excluding carboxylic acids is 4. The molecule has 0 aliphatic carbocycles. The fourth-order valence-corrected chi connectivity index (χ4v) is 2.92. The monoisotopic (exact) mass is 389 g/mol. The number of aryl methyl sites for hydroxylation is 1. The van der Waals surface area contributed by atoms with Gasteiger partial charge in [-0.3, -0.25) is 19.7 Å². The highest BCUT2D eigenvalue weighted by Crippen LogP contribution is 2.29. The number of hydrogen-bond donors (Lipinski definition) is 2. The zero-order valence-corrected chi connectivity index (χ0v) is 16.9. The normalized spacial score (nSPS) is 16.7. The van der Waals surface area contributed by atoms with Crippen LogP contribution in [0.25, 0.3) is 0 Å². The minimum atomic E-state index is -0.731. The van der Waals surface area contributed by atoms with Gasteiger partial charge in [0.25, 0.3) is 5.91 Å². The van der Waals surface area contributed by atoms with E-state index in [9.17, 15) is 19.2 Å². The van der Waals surface area contributed by atoms with Gasteiger partial charge in [0.15, 0.2) is 6.61 Å². The molecule has 2 rings (SSSR count). The lowest BCUT2D eigenvalue weighted by Gasteiger charge is -2.20. The van der Waals surface area contributed by atoms with Gasteiger partial charge in [-0.2, -0.15) is 0 Å². The van der Waals surface area contributed by atoms with E-state index in [-0.39, 0.29) is 18.9 Å². The van der Waals surface area contributed by atoms with Crippen LogP contribution in [-0.2, 0) is 19.1 Å². The summed E-state index contributed by atoms with van der Waals surface area (Å²) in [5, 5.41) is 4.67. The second-order valence-corrected chi connectivity index (χ2v) is 7.98. The van der Waals surface area contributed by atoms with E-state index in [2.05, 4.69) is 10.6 Å². The fourth-order valence-electron chi connectivity index (χ4n) is 2.92. The highest BCUT2D eigenvalue weighted by Gasteiger charge is 2.37. The van der Waals surface area contributed by atoms with Gasteiger partial charge >= 0.3 is 12.0 Å². The van der Waals surface area contributed by atoms with Crippen LogP contribution in [0.2, 0.25) is 0 Å².